The van der Waals surface area contributed by atoms with Gasteiger partial charge in [0.25, 0.3) is 5.91 Å². The van der Waals surface area contributed by atoms with Crippen molar-refractivity contribution in [3.8, 4) is 0 Å². The van der Waals surface area contributed by atoms with Crippen molar-refractivity contribution >= 4 is 35.8 Å². The van der Waals surface area contributed by atoms with E-state index in [-0.39, 0.29) is 29.9 Å². The second-order valence-corrected chi connectivity index (χ2v) is 4.61. The van der Waals surface area contributed by atoms with Crippen LogP contribution in [0.3, 0.4) is 0 Å². The summed E-state index contributed by atoms with van der Waals surface area (Å²) < 4.78 is 0. The molecule has 1 rings (SSSR count). The van der Waals surface area contributed by atoms with Gasteiger partial charge in [-0.3, -0.25) is 4.79 Å². The van der Waals surface area contributed by atoms with E-state index in [1.807, 2.05) is 25.1 Å². The third-order valence-corrected chi connectivity index (χ3v) is 2.66. The standard InChI is InChI=1S/C15H22N4O.HI/c1-11(2)10-19-15(16)18-8-7-12-5-4-6-13(9-12)14(20)17-3;/h4-6,9H,1,7-8,10H2,2-3H3,(H,17,20)(H3,16,18,19);1H. The topological polar surface area (TPSA) is 79.5 Å². The number of hydrogen-bond acceptors (Lipinski definition) is 2. The fourth-order valence-corrected chi connectivity index (χ4v) is 1.62. The third-order valence-electron chi connectivity index (χ3n) is 2.66. The number of carbonyl (C=O) groups is 1. The molecule has 0 fully saturated rings. The maximum absolute atomic E-state index is 11.5. The van der Waals surface area contributed by atoms with Gasteiger partial charge in [0, 0.05) is 19.2 Å². The van der Waals surface area contributed by atoms with Crippen LogP contribution in [-0.2, 0) is 6.42 Å². The van der Waals surface area contributed by atoms with E-state index in [9.17, 15) is 4.79 Å². The Morgan fingerprint density at radius 2 is 2.14 bits per heavy atom. The first-order chi connectivity index (χ1) is 9.52. The number of carbonyl (C=O) groups excluding carboxylic acids is 1. The second-order valence-electron chi connectivity index (χ2n) is 4.61. The fourth-order valence-electron chi connectivity index (χ4n) is 1.62. The van der Waals surface area contributed by atoms with Crippen LogP contribution in [0, 0.1) is 0 Å². The summed E-state index contributed by atoms with van der Waals surface area (Å²) in [5.74, 6) is 0.331. The summed E-state index contributed by atoms with van der Waals surface area (Å²) in [6.07, 6.45) is 0.772. The second kappa shape index (κ2) is 10.2. The van der Waals surface area contributed by atoms with Gasteiger partial charge < -0.3 is 16.4 Å². The maximum atomic E-state index is 11.5. The number of nitrogens with two attached hydrogens (primary N) is 1. The minimum Gasteiger partial charge on any atom is -0.370 e. The summed E-state index contributed by atoms with van der Waals surface area (Å²) in [4.78, 5) is 15.7. The minimum absolute atomic E-state index is 0. The minimum atomic E-state index is -0.0812. The Morgan fingerprint density at radius 3 is 2.76 bits per heavy atom. The molecule has 0 unspecified atom stereocenters. The van der Waals surface area contributed by atoms with E-state index in [1.54, 1.807) is 13.1 Å². The predicted octanol–water partition coefficient (Wildman–Crippen LogP) is 1.69. The Balaban J connectivity index is 0.00000400. The SMILES string of the molecule is C=C(C)CN=C(N)NCCc1cccc(C(=O)NC)c1.I. The number of guanidine groups is 1. The van der Waals surface area contributed by atoms with Crippen LogP contribution in [0.1, 0.15) is 22.8 Å². The van der Waals surface area contributed by atoms with Crippen molar-refractivity contribution in [3.63, 3.8) is 0 Å². The summed E-state index contributed by atoms with van der Waals surface area (Å²) in [5, 5.41) is 5.64. The summed E-state index contributed by atoms with van der Waals surface area (Å²) in [5.41, 5.74) is 8.42. The van der Waals surface area contributed by atoms with Crippen LogP contribution in [-0.4, -0.2) is 32.0 Å². The molecule has 0 saturated heterocycles. The van der Waals surface area contributed by atoms with Crippen molar-refractivity contribution in [2.75, 3.05) is 20.1 Å². The Hall–Kier alpha value is -1.57. The lowest BCUT2D eigenvalue weighted by Crippen LogP contribution is -2.33. The van der Waals surface area contributed by atoms with E-state index in [0.29, 0.717) is 24.6 Å². The zero-order valence-electron chi connectivity index (χ0n) is 12.5. The lowest BCUT2D eigenvalue weighted by Gasteiger charge is -2.07. The molecule has 21 heavy (non-hydrogen) atoms. The molecule has 6 heteroatoms. The molecule has 0 aromatic heterocycles. The average Bonchev–Trinajstić information content (AvgIpc) is 2.44. The van der Waals surface area contributed by atoms with Gasteiger partial charge in [-0.2, -0.15) is 0 Å². The number of nitrogens with zero attached hydrogens (tertiary/aromatic N) is 1. The fraction of sp³-hybridized carbons (Fsp3) is 0.333. The maximum Gasteiger partial charge on any atom is 0.251 e. The predicted molar refractivity (Wildman–Crippen MR) is 98.3 cm³/mol. The summed E-state index contributed by atoms with van der Waals surface area (Å²) >= 11 is 0. The lowest BCUT2D eigenvalue weighted by atomic mass is 10.1. The van der Waals surface area contributed by atoms with Gasteiger partial charge >= 0.3 is 0 Å². The number of hydrogen-bond donors (Lipinski definition) is 3. The molecule has 1 aromatic carbocycles. The van der Waals surface area contributed by atoms with E-state index < -0.39 is 0 Å². The van der Waals surface area contributed by atoms with Crippen LogP contribution in [0.4, 0.5) is 0 Å². The van der Waals surface area contributed by atoms with E-state index in [4.69, 9.17) is 5.73 Å². The van der Waals surface area contributed by atoms with E-state index in [1.165, 1.54) is 0 Å². The van der Waals surface area contributed by atoms with Crippen molar-refractivity contribution in [1.82, 2.24) is 10.6 Å². The molecule has 0 radical (unpaired) electrons. The van der Waals surface area contributed by atoms with Gasteiger partial charge in [-0.25, -0.2) is 4.99 Å². The van der Waals surface area contributed by atoms with Gasteiger partial charge in [-0.1, -0.05) is 24.3 Å². The van der Waals surface area contributed by atoms with Crippen LogP contribution >= 0.6 is 24.0 Å². The summed E-state index contributed by atoms with van der Waals surface area (Å²) in [6.45, 7) is 6.87. The van der Waals surface area contributed by atoms with Gasteiger partial charge in [0.1, 0.15) is 0 Å². The van der Waals surface area contributed by atoms with Crippen LogP contribution in [0.5, 0.6) is 0 Å². The lowest BCUT2D eigenvalue weighted by molar-refractivity contribution is 0.0963. The Kier molecular flexibility index (Phi) is 9.44. The van der Waals surface area contributed by atoms with Crippen LogP contribution in [0.15, 0.2) is 41.4 Å². The number of aliphatic imine (C=N–C) groups is 1. The summed E-state index contributed by atoms with van der Waals surface area (Å²) in [7, 11) is 1.62. The molecule has 116 valence electrons. The quantitative estimate of drug-likeness (QED) is 0.293. The Bertz CT molecular complexity index is 514. The molecule has 0 bridgehead atoms. The van der Waals surface area contributed by atoms with Crippen LogP contribution in [0.25, 0.3) is 0 Å². The number of rotatable bonds is 6. The van der Waals surface area contributed by atoms with Gasteiger partial charge in [0.15, 0.2) is 5.96 Å². The van der Waals surface area contributed by atoms with Gasteiger partial charge in [-0.05, 0) is 31.0 Å². The number of amides is 1. The molecule has 0 aliphatic heterocycles. The molecule has 0 heterocycles. The highest BCUT2D eigenvalue weighted by Crippen LogP contribution is 2.05. The van der Waals surface area contributed by atoms with E-state index >= 15 is 0 Å². The van der Waals surface area contributed by atoms with Crippen molar-refractivity contribution in [3.05, 3.63) is 47.5 Å². The smallest absolute Gasteiger partial charge is 0.251 e. The zero-order chi connectivity index (χ0) is 15.0. The van der Waals surface area contributed by atoms with Crippen molar-refractivity contribution < 1.29 is 4.79 Å². The van der Waals surface area contributed by atoms with Gasteiger partial charge in [0.05, 0.1) is 6.54 Å². The molecule has 0 saturated carbocycles. The molecule has 5 nitrogen and oxygen atoms in total. The molecule has 4 N–H and O–H groups in total. The van der Waals surface area contributed by atoms with Crippen molar-refractivity contribution in [2.45, 2.75) is 13.3 Å². The monoisotopic (exact) mass is 402 g/mol. The molecule has 1 aromatic rings. The first-order valence-electron chi connectivity index (χ1n) is 6.52. The van der Waals surface area contributed by atoms with E-state index in [0.717, 1.165) is 17.6 Å². The number of nitrogens with one attached hydrogen (secondary N) is 2. The molecule has 0 aliphatic carbocycles. The average molecular weight is 402 g/mol. The number of halogens is 1. The van der Waals surface area contributed by atoms with Crippen molar-refractivity contribution in [1.29, 1.82) is 0 Å². The van der Waals surface area contributed by atoms with Crippen LogP contribution < -0.4 is 16.4 Å². The first-order valence-corrected chi connectivity index (χ1v) is 6.52. The van der Waals surface area contributed by atoms with E-state index in [2.05, 4.69) is 22.2 Å². The molecular weight excluding hydrogens is 379 g/mol. The Labute approximate surface area is 143 Å². The van der Waals surface area contributed by atoms with Gasteiger partial charge in [0.2, 0.25) is 0 Å². The molecule has 0 atom stereocenters. The molecular formula is C15H23IN4O. The largest absolute Gasteiger partial charge is 0.370 e. The van der Waals surface area contributed by atoms with Gasteiger partial charge in [-0.15, -0.1) is 24.0 Å². The summed E-state index contributed by atoms with van der Waals surface area (Å²) in [6, 6.07) is 7.52. The molecule has 0 aliphatic rings. The normalized spacial score (nSPS) is 10.5. The molecule has 1 amide bonds. The third kappa shape index (κ3) is 7.69. The highest BCUT2D eigenvalue weighted by atomic mass is 127. The number of benzene rings is 1. The highest BCUT2D eigenvalue weighted by Gasteiger charge is 2.03. The zero-order valence-corrected chi connectivity index (χ0v) is 14.8. The molecule has 0 spiro atoms. The first kappa shape index (κ1) is 19.4. The highest BCUT2D eigenvalue weighted by molar-refractivity contribution is 14.0. The van der Waals surface area contributed by atoms with Crippen molar-refractivity contribution in [2.24, 2.45) is 10.7 Å². The van der Waals surface area contributed by atoms with Crippen LogP contribution in [0.2, 0.25) is 0 Å². The Morgan fingerprint density at radius 1 is 1.43 bits per heavy atom.